The molecular formula is C24H24N2O3S. The lowest BCUT2D eigenvalue weighted by Crippen LogP contribution is -2.28. The average molecular weight is 421 g/mol. The fourth-order valence-corrected chi connectivity index (χ4v) is 3.53. The predicted octanol–water partition coefficient (Wildman–Crippen LogP) is 4.30. The lowest BCUT2D eigenvalue weighted by Gasteiger charge is -2.21. The van der Waals surface area contributed by atoms with E-state index in [1.165, 1.54) is 0 Å². The molecule has 6 heteroatoms. The number of anilines is 1. The molecule has 0 aliphatic rings. The average Bonchev–Trinajstić information content (AvgIpc) is 2.73. The first-order chi connectivity index (χ1) is 14.4. The van der Waals surface area contributed by atoms with Crippen LogP contribution >= 0.6 is 0 Å². The zero-order valence-corrected chi connectivity index (χ0v) is 17.5. The second-order valence-corrected chi connectivity index (χ2v) is 8.74. The second kappa shape index (κ2) is 9.89. The molecule has 154 valence electrons. The third-order valence-corrected chi connectivity index (χ3v) is 4.98. The summed E-state index contributed by atoms with van der Waals surface area (Å²) in [6.07, 6.45) is 4.38. The number of amides is 1. The molecule has 0 spiro atoms. The van der Waals surface area contributed by atoms with Crippen molar-refractivity contribution in [2.45, 2.75) is 13.1 Å². The van der Waals surface area contributed by atoms with Crippen molar-refractivity contribution < 1.29 is 13.2 Å². The van der Waals surface area contributed by atoms with Gasteiger partial charge in [-0.15, -0.1) is 0 Å². The van der Waals surface area contributed by atoms with Gasteiger partial charge in [-0.25, -0.2) is 8.42 Å². The largest absolute Gasteiger partial charge is 0.331 e. The van der Waals surface area contributed by atoms with E-state index in [1.807, 2.05) is 60.7 Å². The maximum atomic E-state index is 12.9. The topological polar surface area (TPSA) is 66.5 Å². The van der Waals surface area contributed by atoms with Crippen molar-refractivity contribution in [3.05, 3.63) is 108 Å². The Labute approximate surface area is 177 Å². The van der Waals surface area contributed by atoms with Crippen LogP contribution in [0.2, 0.25) is 0 Å². The standard InChI is InChI=1S/C24H24N2O3S/c1-30(28,29)25-23-15-12-20(13-16-23)14-17-24(27)26(18-21-8-4-2-5-9-21)19-22-10-6-3-7-11-22/h2-17,25H,18-19H2,1H3. The zero-order chi connectivity index (χ0) is 21.4. The molecule has 0 saturated carbocycles. The van der Waals surface area contributed by atoms with Crippen LogP contribution in [-0.2, 0) is 27.9 Å². The molecule has 0 aromatic heterocycles. The minimum atomic E-state index is -3.32. The number of hydrogen-bond donors (Lipinski definition) is 1. The maximum Gasteiger partial charge on any atom is 0.247 e. The number of carbonyl (C=O) groups is 1. The summed E-state index contributed by atoms with van der Waals surface area (Å²) in [6.45, 7) is 1.02. The minimum Gasteiger partial charge on any atom is -0.331 e. The van der Waals surface area contributed by atoms with Gasteiger partial charge in [0.1, 0.15) is 0 Å². The molecule has 0 saturated heterocycles. The second-order valence-electron chi connectivity index (χ2n) is 7.00. The molecule has 3 aromatic carbocycles. The van der Waals surface area contributed by atoms with Crippen LogP contribution in [0.5, 0.6) is 0 Å². The fraction of sp³-hybridized carbons (Fsp3) is 0.125. The summed E-state index contributed by atoms with van der Waals surface area (Å²) in [4.78, 5) is 14.7. The van der Waals surface area contributed by atoms with Crippen molar-refractivity contribution in [1.82, 2.24) is 4.90 Å². The summed E-state index contributed by atoms with van der Waals surface area (Å²) in [5.41, 5.74) is 3.41. The molecule has 0 unspecified atom stereocenters. The molecule has 0 heterocycles. The van der Waals surface area contributed by atoms with Gasteiger partial charge < -0.3 is 4.90 Å². The van der Waals surface area contributed by atoms with E-state index in [4.69, 9.17) is 0 Å². The van der Waals surface area contributed by atoms with Gasteiger partial charge in [0.25, 0.3) is 0 Å². The molecule has 3 aromatic rings. The molecule has 0 aliphatic heterocycles. The van der Waals surface area contributed by atoms with E-state index < -0.39 is 10.0 Å². The summed E-state index contributed by atoms with van der Waals surface area (Å²) in [7, 11) is -3.32. The summed E-state index contributed by atoms with van der Waals surface area (Å²) in [5, 5.41) is 0. The lowest BCUT2D eigenvalue weighted by molar-refractivity contribution is -0.127. The van der Waals surface area contributed by atoms with Crippen molar-refractivity contribution in [2.75, 3.05) is 11.0 Å². The van der Waals surface area contributed by atoms with Crippen LogP contribution in [-0.4, -0.2) is 25.5 Å². The highest BCUT2D eigenvalue weighted by Crippen LogP contribution is 2.14. The molecule has 0 fully saturated rings. The molecule has 30 heavy (non-hydrogen) atoms. The summed E-state index contributed by atoms with van der Waals surface area (Å²) in [5.74, 6) is -0.0963. The van der Waals surface area contributed by atoms with Crippen molar-refractivity contribution in [1.29, 1.82) is 0 Å². The SMILES string of the molecule is CS(=O)(=O)Nc1ccc(C=CC(=O)N(Cc2ccccc2)Cc2ccccc2)cc1. The Bertz CT molecular complexity index is 1050. The predicted molar refractivity (Wildman–Crippen MR) is 121 cm³/mol. The summed E-state index contributed by atoms with van der Waals surface area (Å²) in [6, 6.07) is 26.6. The first-order valence-electron chi connectivity index (χ1n) is 9.52. The number of nitrogens with one attached hydrogen (secondary N) is 1. The molecule has 5 nitrogen and oxygen atoms in total. The van der Waals surface area contributed by atoms with E-state index in [0.29, 0.717) is 18.8 Å². The monoisotopic (exact) mass is 420 g/mol. The molecular weight excluding hydrogens is 396 g/mol. The first-order valence-corrected chi connectivity index (χ1v) is 11.4. The van der Waals surface area contributed by atoms with Crippen LogP contribution < -0.4 is 4.72 Å². The van der Waals surface area contributed by atoms with Gasteiger partial charge in [0, 0.05) is 24.9 Å². The van der Waals surface area contributed by atoms with Crippen molar-refractivity contribution in [3.63, 3.8) is 0 Å². The molecule has 1 amide bonds. The molecule has 0 bridgehead atoms. The van der Waals surface area contributed by atoms with Crippen molar-refractivity contribution in [2.24, 2.45) is 0 Å². The zero-order valence-electron chi connectivity index (χ0n) is 16.7. The Morgan fingerprint density at radius 2 is 1.33 bits per heavy atom. The van der Waals surface area contributed by atoms with Crippen LogP contribution in [0, 0.1) is 0 Å². The van der Waals surface area contributed by atoms with E-state index in [2.05, 4.69) is 4.72 Å². The highest BCUT2D eigenvalue weighted by atomic mass is 32.2. The van der Waals surface area contributed by atoms with Gasteiger partial charge in [-0.2, -0.15) is 0 Å². The van der Waals surface area contributed by atoms with Crippen LogP contribution in [0.25, 0.3) is 6.08 Å². The molecule has 0 aliphatic carbocycles. The van der Waals surface area contributed by atoms with Gasteiger partial charge in [-0.05, 0) is 34.9 Å². The Balaban J connectivity index is 1.73. The smallest absolute Gasteiger partial charge is 0.247 e. The number of carbonyl (C=O) groups excluding carboxylic acids is 1. The van der Waals surface area contributed by atoms with Gasteiger partial charge >= 0.3 is 0 Å². The van der Waals surface area contributed by atoms with E-state index in [-0.39, 0.29) is 5.91 Å². The highest BCUT2D eigenvalue weighted by Gasteiger charge is 2.12. The van der Waals surface area contributed by atoms with Crippen LogP contribution in [0.4, 0.5) is 5.69 Å². The van der Waals surface area contributed by atoms with Gasteiger partial charge in [0.05, 0.1) is 6.26 Å². The summed E-state index contributed by atoms with van der Waals surface area (Å²) >= 11 is 0. The Kier molecular flexibility index (Phi) is 7.03. The Hall–Kier alpha value is -3.38. The van der Waals surface area contributed by atoms with Crippen LogP contribution in [0.15, 0.2) is 91.0 Å². The normalized spacial score (nSPS) is 11.4. The van der Waals surface area contributed by atoms with Gasteiger partial charge in [0.15, 0.2) is 0 Å². The number of benzene rings is 3. The third-order valence-electron chi connectivity index (χ3n) is 4.38. The number of rotatable bonds is 8. The lowest BCUT2D eigenvalue weighted by atomic mass is 10.1. The van der Waals surface area contributed by atoms with Crippen molar-refractivity contribution in [3.8, 4) is 0 Å². The van der Waals surface area contributed by atoms with Gasteiger partial charge in [-0.3, -0.25) is 9.52 Å². The van der Waals surface area contributed by atoms with Gasteiger partial charge in [0.2, 0.25) is 15.9 Å². The quantitative estimate of drug-likeness (QED) is 0.553. The fourth-order valence-electron chi connectivity index (χ4n) is 2.97. The van der Waals surface area contributed by atoms with Crippen molar-refractivity contribution >= 4 is 27.7 Å². The number of sulfonamides is 1. The minimum absolute atomic E-state index is 0.0963. The molecule has 3 rings (SSSR count). The Morgan fingerprint density at radius 3 is 1.80 bits per heavy atom. The van der Waals surface area contributed by atoms with E-state index >= 15 is 0 Å². The molecule has 0 radical (unpaired) electrons. The van der Waals surface area contributed by atoms with Crippen LogP contribution in [0.1, 0.15) is 16.7 Å². The van der Waals surface area contributed by atoms with E-state index in [0.717, 1.165) is 22.9 Å². The van der Waals surface area contributed by atoms with E-state index in [9.17, 15) is 13.2 Å². The number of nitrogens with zero attached hydrogens (tertiary/aromatic N) is 1. The third kappa shape index (κ3) is 6.90. The first kappa shape index (κ1) is 21.3. The van der Waals surface area contributed by atoms with E-state index in [1.54, 1.807) is 41.3 Å². The van der Waals surface area contributed by atoms with Crippen LogP contribution in [0.3, 0.4) is 0 Å². The summed E-state index contributed by atoms with van der Waals surface area (Å²) < 4.78 is 25.0. The Morgan fingerprint density at radius 1 is 0.833 bits per heavy atom. The molecule has 0 atom stereocenters. The number of hydrogen-bond acceptors (Lipinski definition) is 3. The molecule has 1 N–H and O–H groups in total. The van der Waals surface area contributed by atoms with Gasteiger partial charge in [-0.1, -0.05) is 72.8 Å². The maximum absolute atomic E-state index is 12.9. The highest BCUT2D eigenvalue weighted by molar-refractivity contribution is 7.92.